The highest BCUT2D eigenvalue weighted by molar-refractivity contribution is 7.13. The smallest absolute Gasteiger partial charge is 0.391 e. The molecule has 0 radical (unpaired) electrons. The molecule has 1 saturated heterocycles. The van der Waals surface area contributed by atoms with Crippen molar-refractivity contribution in [2.75, 3.05) is 13.7 Å². The van der Waals surface area contributed by atoms with Gasteiger partial charge in [0, 0.05) is 18.7 Å². The Kier molecular flexibility index (Phi) is 6.64. The summed E-state index contributed by atoms with van der Waals surface area (Å²) in [7, 11) is 3.24. The van der Waals surface area contributed by atoms with E-state index in [9.17, 15) is 23.1 Å². The monoisotopic (exact) mass is 587 g/mol. The lowest BCUT2D eigenvalue weighted by Gasteiger charge is -2.39. The fourth-order valence-electron chi connectivity index (χ4n) is 5.93. The summed E-state index contributed by atoms with van der Waals surface area (Å²) in [6, 6.07) is 7.65. The molecule has 0 unspecified atom stereocenters. The summed E-state index contributed by atoms with van der Waals surface area (Å²) in [6.45, 7) is 2.19. The second-order valence-electron chi connectivity index (χ2n) is 10.6. The zero-order chi connectivity index (χ0) is 29.1. The van der Waals surface area contributed by atoms with E-state index < -0.39 is 30.1 Å². The van der Waals surface area contributed by atoms with E-state index >= 15 is 0 Å². The number of benzene rings is 1. The van der Waals surface area contributed by atoms with Crippen molar-refractivity contribution >= 4 is 17.2 Å². The first kappa shape index (κ1) is 27.4. The molecule has 1 fully saturated rings. The average molecular weight is 588 g/mol. The normalized spacial score (nSPS) is 19.2. The Bertz CT molecular complexity index is 1610. The zero-order valence-corrected chi connectivity index (χ0v) is 23.5. The van der Waals surface area contributed by atoms with E-state index in [1.807, 2.05) is 34.2 Å². The van der Waals surface area contributed by atoms with E-state index in [-0.39, 0.29) is 18.8 Å². The highest BCUT2D eigenvalue weighted by atomic mass is 32.1. The number of fused-ring (bicyclic) bond motifs is 3. The number of aryl methyl sites for hydroxylation is 2. The number of amides is 1. The quantitative estimate of drug-likeness (QED) is 0.357. The number of aromatic nitrogens is 6. The van der Waals surface area contributed by atoms with E-state index in [0.717, 1.165) is 21.7 Å². The average Bonchev–Trinajstić information content (AvgIpc) is 3.72. The number of tetrazole rings is 1. The molecular formula is C27H28F3N7O3S. The number of carbonyl (C=O) groups is 1. The van der Waals surface area contributed by atoms with E-state index in [1.54, 1.807) is 14.2 Å². The van der Waals surface area contributed by atoms with Crippen LogP contribution < -0.4 is 4.74 Å². The van der Waals surface area contributed by atoms with Gasteiger partial charge in [0.25, 0.3) is 5.91 Å². The molecule has 0 aliphatic carbocycles. The Morgan fingerprint density at radius 2 is 2.07 bits per heavy atom. The van der Waals surface area contributed by atoms with Crippen molar-refractivity contribution in [3.8, 4) is 39.0 Å². The summed E-state index contributed by atoms with van der Waals surface area (Å²) < 4.78 is 47.1. The maximum Gasteiger partial charge on any atom is 0.391 e. The van der Waals surface area contributed by atoms with Gasteiger partial charge in [0.15, 0.2) is 5.82 Å². The largest absolute Gasteiger partial charge is 0.496 e. The molecule has 0 saturated carbocycles. The predicted molar refractivity (Wildman–Crippen MR) is 144 cm³/mol. The number of methoxy groups -OCH3 is 1. The van der Waals surface area contributed by atoms with E-state index in [4.69, 9.17) is 9.72 Å². The number of carbonyl (C=O) groups excluding carboxylic acids is 1. The summed E-state index contributed by atoms with van der Waals surface area (Å²) in [6.07, 6.45) is -6.38. The second kappa shape index (κ2) is 9.94. The van der Waals surface area contributed by atoms with Crippen LogP contribution in [0.15, 0.2) is 29.6 Å². The number of halogens is 3. The third-order valence-corrected chi connectivity index (χ3v) is 8.89. The molecule has 14 heteroatoms. The van der Waals surface area contributed by atoms with E-state index in [1.165, 1.54) is 28.0 Å². The number of imidazole rings is 1. The molecule has 41 heavy (non-hydrogen) atoms. The molecule has 1 aromatic carbocycles. The fourth-order valence-corrected chi connectivity index (χ4v) is 6.65. The lowest BCUT2D eigenvalue weighted by atomic mass is 9.89. The summed E-state index contributed by atoms with van der Waals surface area (Å²) in [5.41, 5.74) is 2.40. The van der Waals surface area contributed by atoms with E-state index in [2.05, 4.69) is 15.4 Å². The molecule has 216 valence electrons. The summed E-state index contributed by atoms with van der Waals surface area (Å²) in [5.74, 6) is 0.605. The lowest BCUT2D eigenvalue weighted by molar-refractivity contribution is -0.166. The van der Waals surface area contributed by atoms with Crippen LogP contribution in [0.3, 0.4) is 0 Å². The second-order valence-corrected chi connectivity index (χ2v) is 11.5. The molecular weight excluding hydrogens is 559 g/mol. The highest BCUT2D eigenvalue weighted by Crippen LogP contribution is 2.45. The number of likely N-dealkylation sites (tertiary alicyclic amines) is 1. The number of aliphatic hydroxyl groups excluding tert-OH is 1. The molecule has 1 N–H and O–H groups in total. The number of hydrogen-bond donors (Lipinski definition) is 1. The van der Waals surface area contributed by atoms with Crippen molar-refractivity contribution < 1.29 is 27.8 Å². The molecule has 6 rings (SSSR count). The standard InChI is InChI=1S/C27H28F3N7O3S/c1-26(20(38)14-27(28,29)30)8-5-9-37(26)25(39)24-31-21(19-6-4-11-41-19)22-16-13-17(23-32-34-35(2)33-23)18(40-3)12-15(16)7-10-36(22)24/h4,6,11-13,20,38H,5,7-10,14H2,1-3H3/t20-,26+/m1/s1. The van der Waals surface area contributed by atoms with Gasteiger partial charge in [0.1, 0.15) is 11.4 Å². The topological polar surface area (TPSA) is 111 Å². The molecule has 2 aliphatic rings. The molecule has 2 aliphatic heterocycles. The maximum absolute atomic E-state index is 14.1. The van der Waals surface area contributed by atoms with Gasteiger partial charge in [-0.2, -0.15) is 18.0 Å². The molecule has 3 aromatic heterocycles. The molecule has 4 aromatic rings. The number of hydrogen-bond acceptors (Lipinski definition) is 8. The lowest BCUT2D eigenvalue weighted by Crippen LogP contribution is -2.54. The Morgan fingerprint density at radius 3 is 2.73 bits per heavy atom. The number of thiophene rings is 1. The fraction of sp³-hybridized carbons (Fsp3) is 0.444. The number of nitrogens with zero attached hydrogens (tertiary/aromatic N) is 7. The predicted octanol–water partition coefficient (Wildman–Crippen LogP) is 4.34. The SMILES string of the molecule is COc1cc2c(cc1-c1nnn(C)n1)-c1c(-c3cccs3)nc(C(=O)N3CCC[C@@]3(C)[C@H](O)CC(F)(F)F)n1CC2. The van der Waals surface area contributed by atoms with Crippen LogP contribution in [0.5, 0.6) is 5.75 Å². The summed E-state index contributed by atoms with van der Waals surface area (Å²) >= 11 is 1.47. The Labute approximate surface area is 237 Å². The van der Waals surface area contributed by atoms with Gasteiger partial charge in [-0.05, 0) is 60.5 Å². The van der Waals surface area contributed by atoms with Gasteiger partial charge in [0.05, 0.1) is 48.4 Å². The first-order valence-electron chi connectivity index (χ1n) is 13.2. The first-order chi connectivity index (χ1) is 19.5. The Hall–Kier alpha value is -3.78. The van der Waals surface area contributed by atoms with Gasteiger partial charge in [-0.3, -0.25) is 4.79 Å². The molecule has 10 nitrogen and oxygen atoms in total. The van der Waals surface area contributed by atoms with Gasteiger partial charge in [-0.15, -0.1) is 21.5 Å². The maximum atomic E-state index is 14.1. The van der Waals surface area contributed by atoms with E-state index in [0.29, 0.717) is 42.2 Å². The molecule has 5 heterocycles. The Balaban J connectivity index is 1.49. The summed E-state index contributed by atoms with van der Waals surface area (Å²) in [5, 5.41) is 25.0. The summed E-state index contributed by atoms with van der Waals surface area (Å²) in [4.78, 5) is 22.5. The highest BCUT2D eigenvalue weighted by Gasteiger charge is 2.50. The molecule has 0 spiro atoms. The molecule has 0 bridgehead atoms. The minimum atomic E-state index is -4.56. The number of rotatable bonds is 6. The number of aliphatic hydroxyl groups is 1. The zero-order valence-electron chi connectivity index (χ0n) is 22.6. The van der Waals surface area contributed by atoms with Gasteiger partial charge >= 0.3 is 6.18 Å². The third kappa shape index (κ3) is 4.68. The van der Waals surface area contributed by atoms with Crippen molar-refractivity contribution in [3.05, 3.63) is 41.0 Å². The number of alkyl halides is 3. The van der Waals surface area contributed by atoms with Crippen molar-refractivity contribution in [2.24, 2.45) is 7.05 Å². The van der Waals surface area contributed by atoms with Gasteiger partial charge < -0.3 is 19.3 Å². The molecule has 2 atom stereocenters. The van der Waals surface area contributed by atoms with Crippen molar-refractivity contribution in [3.63, 3.8) is 0 Å². The van der Waals surface area contributed by atoms with Crippen LogP contribution >= 0.6 is 11.3 Å². The first-order valence-corrected chi connectivity index (χ1v) is 14.0. The van der Waals surface area contributed by atoms with Crippen molar-refractivity contribution in [1.82, 2.24) is 34.7 Å². The minimum absolute atomic E-state index is 0.136. The Morgan fingerprint density at radius 1 is 1.27 bits per heavy atom. The van der Waals surface area contributed by atoms with Crippen molar-refractivity contribution in [2.45, 2.75) is 57.0 Å². The van der Waals surface area contributed by atoms with Gasteiger partial charge in [-0.1, -0.05) is 6.07 Å². The third-order valence-electron chi connectivity index (χ3n) is 8.02. The molecule has 1 amide bonds. The van der Waals surface area contributed by atoms with Crippen molar-refractivity contribution in [1.29, 1.82) is 0 Å². The van der Waals surface area contributed by atoms with Crippen LogP contribution in [0, 0.1) is 0 Å². The van der Waals surface area contributed by atoms with Crippen LogP contribution in [-0.2, 0) is 20.0 Å². The number of ether oxygens (including phenoxy) is 1. The van der Waals surface area contributed by atoms with Crippen LogP contribution in [-0.4, -0.2) is 77.1 Å². The minimum Gasteiger partial charge on any atom is -0.496 e. The van der Waals surface area contributed by atoms with Crippen LogP contribution in [0.4, 0.5) is 13.2 Å². The van der Waals surface area contributed by atoms with Crippen LogP contribution in [0.2, 0.25) is 0 Å². The van der Waals surface area contributed by atoms with Crippen LogP contribution in [0.25, 0.3) is 33.2 Å². The van der Waals surface area contributed by atoms with Crippen LogP contribution in [0.1, 0.15) is 42.4 Å². The van der Waals surface area contributed by atoms with Gasteiger partial charge in [-0.25, -0.2) is 4.98 Å². The van der Waals surface area contributed by atoms with Gasteiger partial charge in [0.2, 0.25) is 5.82 Å².